The number of thioether (sulfide) groups is 1. The average Bonchev–Trinajstić information content (AvgIpc) is 2.69. The third-order valence-corrected chi connectivity index (χ3v) is 5.36. The Morgan fingerprint density at radius 3 is 2.40 bits per heavy atom. The molecule has 0 aliphatic heterocycles. The number of hydrogen-bond acceptors (Lipinski definition) is 5. The molecule has 30 heavy (non-hydrogen) atoms. The molecule has 0 bridgehead atoms. The van der Waals surface area contributed by atoms with E-state index in [1.165, 1.54) is 36.0 Å². The van der Waals surface area contributed by atoms with E-state index in [4.69, 9.17) is 0 Å². The van der Waals surface area contributed by atoms with E-state index >= 15 is 0 Å². The Morgan fingerprint density at radius 2 is 1.77 bits per heavy atom. The van der Waals surface area contributed by atoms with Crippen LogP contribution in [0.2, 0.25) is 0 Å². The molecule has 0 saturated heterocycles. The summed E-state index contributed by atoms with van der Waals surface area (Å²) in [6, 6.07) is 12.6. The van der Waals surface area contributed by atoms with E-state index < -0.39 is 11.9 Å². The van der Waals surface area contributed by atoms with Crippen LogP contribution in [0.3, 0.4) is 0 Å². The van der Waals surface area contributed by atoms with Crippen LogP contribution in [0.15, 0.2) is 58.5 Å². The molecule has 6 nitrogen and oxygen atoms in total. The van der Waals surface area contributed by atoms with Crippen molar-refractivity contribution >= 4 is 34.3 Å². The van der Waals surface area contributed by atoms with Crippen LogP contribution in [0.4, 0.5) is 14.5 Å². The van der Waals surface area contributed by atoms with Gasteiger partial charge in [-0.3, -0.25) is 14.2 Å². The minimum atomic E-state index is -2.91. The van der Waals surface area contributed by atoms with Crippen molar-refractivity contribution in [2.24, 2.45) is 0 Å². The quantitative estimate of drug-likeness (QED) is 0.432. The van der Waals surface area contributed by atoms with Crippen LogP contribution in [-0.4, -0.2) is 27.3 Å². The van der Waals surface area contributed by atoms with Gasteiger partial charge in [0.15, 0.2) is 5.16 Å². The van der Waals surface area contributed by atoms with Crippen molar-refractivity contribution in [2.75, 3.05) is 5.32 Å². The molecular weight excluding hydrogens is 412 g/mol. The van der Waals surface area contributed by atoms with Gasteiger partial charge in [0.05, 0.1) is 16.2 Å². The van der Waals surface area contributed by atoms with E-state index in [9.17, 15) is 18.4 Å². The molecule has 0 spiro atoms. The maximum Gasteiger partial charge on any atom is 0.387 e. The number of halogens is 2. The zero-order chi connectivity index (χ0) is 21.8. The summed E-state index contributed by atoms with van der Waals surface area (Å²) in [4.78, 5) is 30.1. The van der Waals surface area contributed by atoms with Crippen LogP contribution in [0.25, 0.3) is 10.9 Å². The number of anilines is 1. The largest absolute Gasteiger partial charge is 0.435 e. The highest BCUT2D eigenvalue weighted by Crippen LogP contribution is 2.26. The fraction of sp³-hybridized carbons (Fsp3) is 0.286. The van der Waals surface area contributed by atoms with E-state index in [2.05, 4.69) is 15.0 Å². The number of nitrogens with zero attached hydrogens (tertiary/aromatic N) is 2. The summed E-state index contributed by atoms with van der Waals surface area (Å²) in [5.41, 5.74) is 0.867. The monoisotopic (exact) mass is 433 g/mol. The summed E-state index contributed by atoms with van der Waals surface area (Å²) >= 11 is 1.18. The Balaban J connectivity index is 1.79. The molecule has 0 radical (unpaired) electrons. The maximum atomic E-state index is 12.9. The molecule has 2 aromatic carbocycles. The Bertz CT molecular complexity index is 1100. The standard InChI is InChI=1S/C21H21F2N3O3S/c1-12(2)26-19(28)16-6-4-5-7-17(16)25-21(26)30-13(3)18(27)24-14-8-10-15(11-9-14)29-20(22)23/h4-13,20H,1-3H3,(H,24,27). The van der Waals surface area contributed by atoms with Gasteiger partial charge in [0.2, 0.25) is 5.91 Å². The van der Waals surface area contributed by atoms with E-state index in [0.29, 0.717) is 21.7 Å². The molecule has 1 N–H and O–H groups in total. The van der Waals surface area contributed by atoms with Crippen molar-refractivity contribution in [1.82, 2.24) is 9.55 Å². The second-order valence-electron chi connectivity index (χ2n) is 6.83. The zero-order valence-corrected chi connectivity index (χ0v) is 17.5. The average molecular weight is 433 g/mol. The van der Waals surface area contributed by atoms with Crippen molar-refractivity contribution in [3.63, 3.8) is 0 Å². The zero-order valence-electron chi connectivity index (χ0n) is 16.6. The number of fused-ring (bicyclic) bond motifs is 1. The number of benzene rings is 2. The van der Waals surface area contributed by atoms with Crippen molar-refractivity contribution < 1.29 is 18.3 Å². The van der Waals surface area contributed by atoms with Crippen molar-refractivity contribution in [2.45, 2.75) is 43.8 Å². The minimum absolute atomic E-state index is 0.00624. The van der Waals surface area contributed by atoms with Gasteiger partial charge in [-0.1, -0.05) is 23.9 Å². The van der Waals surface area contributed by atoms with Gasteiger partial charge in [0, 0.05) is 11.7 Å². The molecule has 1 amide bonds. The van der Waals surface area contributed by atoms with Crippen molar-refractivity contribution in [1.29, 1.82) is 0 Å². The second-order valence-corrected chi connectivity index (χ2v) is 8.14. The Morgan fingerprint density at radius 1 is 1.10 bits per heavy atom. The second kappa shape index (κ2) is 9.25. The normalized spacial score (nSPS) is 12.4. The number of carbonyl (C=O) groups is 1. The smallest absolute Gasteiger partial charge is 0.387 e. The number of nitrogens with one attached hydrogen (secondary N) is 1. The number of para-hydroxylation sites is 1. The van der Waals surface area contributed by atoms with Crippen LogP contribution < -0.4 is 15.6 Å². The predicted molar refractivity (Wildman–Crippen MR) is 113 cm³/mol. The highest BCUT2D eigenvalue weighted by molar-refractivity contribution is 8.00. The maximum absolute atomic E-state index is 12.9. The number of alkyl halides is 2. The van der Waals surface area contributed by atoms with E-state index in [0.717, 1.165) is 0 Å². The molecule has 0 aliphatic rings. The van der Waals surface area contributed by atoms with E-state index in [1.807, 2.05) is 13.8 Å². The molecular formula is C21H21F2N3O3S. The summed E-state index contributed by atoms with van der Waals surface area (Å²) < 4.78 is 30.3. The van der Waals surface area contributed by atoms with Crippen LogP contribution in [0.5, 0.6) is 5.75 Å². The number of rotatable bonds is 7. The number of ether oxygens (including phenoxy) is 1. The number of hydrogen-bond donors (Lipinski definition) is 1. The minimum Gasteiger partial charge on any atom is -0.435 e. The lowest BCUT2D eigenvalue weighted by Gasteiger charge is -2.18. The fourth-order valence-corrected chi connectivity index (χ4v) is 3.88. The SMILES string of the molecule is CC(Sc1nc2ccccc2c(=O)n1C(C)C)C(=O)Nc1ccc(OC(F)F)cc1. The molecule has 3 aromatic rings. The van der Waals surface area contributed by atoms with Gasteiger partial charge in [0.25, 0.3) is 5.56 Å². The molecule has 0 saturated carbocycles. The van der Waals surface area contributed by atoms with Crippen LogP contribution in [0.1, 0.15) is 26.8 Å². The first-order valence-electron chi connectivity index (χ1n) is 9.30. The highest BCUT2D eigenvalue weighted by Gasteiger charge is 2.20. The molecule has 1 aromatic heterocycles. The summed E-state index contributed by atoms with van der Waals surface area (Å²) in [5.74, 6) is -0.299. The van der Waals surface area contributed by atoms with Gasteiger partial charge >= 0.3 is 6.61 Å². The van der Waals surface area contributed by atoms with E-state index in [1.54, 1.807) is 35.8 Å². The predicted octanol–water partition coefficient (Wildman–Crippen LogP) is 4.70. The van der Waals surface area contributed by atoms with Gasteiger partial charge in [-0.25, -0.2) is 4.98 Å². The molecule has 158 valence electrons. The number of carbonyl (C=O) groups excluding carboxylic acids is 1. The lowest BCUT2D eigenvalue weighted by Crippen LogP contribution is -2.28. The summed E-state index contributed by atoms with van der Waals surface area (Å²) in [7, 11) is 0. The van der Waals surface area contributed by atoms with E-state index in [-0.39, 0.29) is 23.3 Å². The number of aromatic nitrogens is 2. The molecule has 1 atom stereocenters. The molecule has 9 heteroatoms. The first-order valence-corrected chi connectivity index (χ1v) is 10.2. The lowest BCUT2D eigenvalue weighted by atomic mass is 10.2. The van der Waals surface area contributed by atoms with Gasteiger partial charge in [-0.05, 0) is 57.2 Å². The summed E-state index contributed by atoms with van der Waals surface area (Å²) in [6.07, 6.45) is 0. The molecule has 0 fully saturated rings. The molecule has 0 aliphatic carbocycles. The van der Waals surface area contributed by atoms with Crippen molar-refractivity contribution in [3.05, 3.63) is 58.9 Å². The third kappa shape index (κ3) is 4.96. The van der Waals surface area contributed by atoms with Crippen LogP contribution >= 0.6 is 11.8 Å². The summed E-state index contributed by atoms with van der Waals surface area (Å²) in [5, 5.41) is 3.15. The number of amides is 1. The van der Waals surface area contributed by atoms with Gasteiger partial charge in [0.1, 0.15) is 5.75 Å². The fourth-order valence-electron chi connectivity index (χ4n) is 2.84. The van der Waals surface area contributed by atoms with Crippen LogP contribution in [0, 0.1) is 0 Å². The first kappa shape index (κ1) is 21.8. The topological polar surface area (TPSA) is 73.2 Å². The Kier molecular flexibility index (Phi) is 6.71. The molecule has 1 unspecified atom stereocenters. The Hall–Kier alpha value is -2.94. The molecule has 3 rings (SSSR count). The molecule has 1 heterocycles. The van der Waals surface area contributed by atoms with Gasteiger partial charge < -0.3 is 10.1 Å². The van der Waals surface area contributed by atoms with Crippen molar-refractivity contribution in [3.8, 4) is 5.75 Å². The van der Waals surface area contributed by atoms with Gasteiger partial charge in [-0.15, -0.1) is 0 Å². The van der Waals surface area contributed by atoms with Gasteiger partial charge in [-0.2, -0.15) is 8.78 Å². The lowest BCUT2D eigenvalue weighted by molar-refractivity contribution is -0.115. The highest BCUT2D eigenvalue weighted by atomic mass is 32.2. The van der Waals surface area contributed by atoms with Crippen LogP contribution in [-0.2, 0) is 4.79 Å². The third-order valence-electron chi connectivity index (χ3n) is 4.29. The first-order chi connectivity index (χ1) is 14.3. The summed E-state index contributed by atoms with van der Waals surface area (Å²) in [6.45, 7) is 2.57. The Labute approximate surface area is 176 Å².